The molecule has 3 nitrogen and oxygen atoms in total. The Morgan fingerprint density at radius 1 is 1.29 bits per heavy atom. The molecule has 17 heavy (non-hydrogen) atoms. The van der Waals surface area contributed by atoms with E-state index in [1.165, 1.54) is 7.11 Å². The van der Waals surface area contributed by atoms with Crippen molar-refractivity contribution in [3.63, 3.8) is 0 Å². The predicted octanol–water partition coefficient (Wildman–Crippen LogP) is 3.76. The van der Waals surface area contributed by atoms with E-state index in [1.54, 1.807) is 12.1 Å². The Hall–Kier alpha value is -0.640. The number of ether oxygens (including phenoxy) is 1. The van der Waals surface area contributed by atoms with Gasteiger partial charge in [0.15, 0.2) is 0 Å². The fourth-order valence-corrected chi connectivity index (χ4v) is 1.83. The van der Waals surface area contributed by atoms with E-state index in [-0.39, 0.29) is 0 Å². The van der Waals surface area contributed by atoms with Gasteiger partial charge in [0.2, 0.25) is 3.79 Å². The van der Waals surface area contributed by atoms with Crippen molar-refractivity contribution in [3.05, 3.63) is 35.4 Å². The number of methoxy groups -OCH3 is 1. The van der Waals surface area contributed by atoms with Crippen LogP contribution < -0.4 is 5.32 Å². The van der Waals surface area contributed by atoms with Crippen molar-refractivity contribution in [1.29, 1.82) is 0 Å². The molecule has 0 spiro atoms. The second kappa shape index (κ2) is 5.80. The van der Waals surface area contributed by atoms with Gasteiger partial charge in [0.1, 0.15) is 6.04 Å². The molecule has 1 aromatic rings. The zero-order valence-electron chi connectivity index (χ0n) is 9.34. The fraction of sp³-hybridized carbons (Fsp3) is 0.364. The minimum atomic E-state index is -1.65. The molecule has 0 heterocycles. The number of benzene rings is 1. The lowest BCUT2D eigenvalue weighted by Gasteiger charge is -2.25. The molecule has 0 saturated carbocycles. The standard InChI is InChI=1S/C11H12Cl3NO2/c1-7-3-5-8(6-4-7)9(11(12,13)14)15-10(16)17-2/h3-6,9H,1-2H3,(H,15,16)/t9-/m0/s1. The largest absolute Gasteiger partial charge is 0.453 e. The smallest absolute Gasteiger partial charge is 0.407 e. The molecule has 94 valence electrons. The van der Waals surface area contributed by atoms with Crippen LogP contribution in [0.15, 0.2) is 24.3 Å². The number of alkyl halides is 3. The summed E-state index contributed by atoms with van der Waals surface area (Å²) in [4.78, 5) is 11.2. The SMILES string of the molecule is COC(=O)N[C@@H](c1ccc(C)cc1)C(Cl)(Cl)Cl. The maximum atomic E-state index is 11.2. The van der Waals surface area contributed by atoms with Gasteiger partial charge in [0.25, 0.3) is 0 Å². The average molecular weight is 297 g/mol. The average Bonchev–Trinajstić information content (AvgIpc) is 2.25. The summed E-state index contributed by atoms with van der Waals surface area (Å²) in [7, 11) is 1.25. The van der Waals surface area contributed by atoms with Gasteiger partial charge in [-0.1, -0.05) is 64.6 Å². The number of hydrogen-bond acceptors (Lipinski definition) is 2. The maximum absolute atomic E-state index is 11.2. The summed E-state index contributed by atoms with van der Waals surface area (Å²) in [6.45, 7) is 1.95. The molecule has 0 aliphatic rings. The first-order valence-corrected chi connectivity index (χ1v) is 5.95. The van der Waals surface area contributed by atoms with Crippen molar-refractivity contribution in [2.75, 3.05) is 7.11 Å². The molecule has 1 atom stereocenters. The van der Waals surface area contributed by atoms with Gasteiger partial charge in [-0.3, -0.25) is 0 Å². The molecule has 1 aromatic carbocycles. The summed E-state index contributed by atoms with van der Waals surface area (Å²) >= 11 is 17.5. The van der Waals surface area contributed by atoms with Crippen LogP contribution in [0.2, 0.25) is 0 Å². The molecule has 6 heteroatoms. The Balaban J connectivity index is 2.98. The molecular formula is C11H12Cl3NO2. The first-order valence-electron chi connectivity index (χ1n) is 4.82. The number of alkyl carbamates (subject to hydrolysis) is 1. The minimum Gasteiger partial charge on any atom is -0.453 e. The number of nitrogens with one attached hydrogen (secondary N) is 1. The Morgan fingerprint density at radius 2 is 1.82 bits per heavy atom. The highest BCUT2D eigenvalue weighted by Crippen LogP contribution is 2.39. The van der Waals surface area contributed by atoms with Crippen LogP contribution in [-0.2, 0) is 4.74 Å². The number of carbonyl (C=O) groups is 1. The number of aryl methyl sites for hydroxylation is 1. The first-order chi connectivity index (χ1) is 7.84. The summed E-state index contributed by atoms with van der Waals surface area (Å²) in [6.07, 6.45) is -0.651. The molecular weight excluding hydrogens is 284 g/mol. The van der Waals surface area contributed by atoms with Gasteiger partial charge < -0.3 is 10.1 Å². The summed E-state index contributed by atoms with van der Waals surface area (Å²) in [5, 5.41) is 2.49. The molecule has 1 amide bonds. The third-order valence-electron chi connectivity index (χ3n) is 2.19. The molecule has 0 saturated heterocycles. The third kappa shape index (κ3) is 4.26. The second-order valence-corrected chi connectivity index (χ2v) is 5.89. The van der Waals surface area contributed by atoms with Crippen LogP contribution in [0, 0.1) is 6.92 Å². The molecule has 0 aliphatic heterocycles. The van der Waals surface area contributed by atoms with E-state index in [4.69, 9.17) is 34.8 Å². The number of rotatable bonds is 2. The first kappa shape index (κ1) is 14.4. The van der Waals surface area contributed by atoms with Crippen molar-refractivity contribution >= 4 is 40.9 Å². The van der Waals surface area contributed by atoms with Crippen molar-refractivity contribution in [2.45, 2.75) is 16.8 Å². The van der Waals surface area contributed by atoms with Crippen LogP contribution in [0.3, 0.4) is 0 Å². The molecule has 1 rings (SSSR count). The van der Waals surface area contributed by atoms with E-state index < -0.39 is 15.9 Å². The molecule has 0 radical (unpaired) electrons. The van der Waals surface area contributed by atoms with E-state index in [1.807, 2.05) is 19.1 Å². The molecule has 0 unspecified atom stereocenters. The topological polar surface area (TPSA) is 38.3 Å². The predicted molar refractivity (Wildman–Crippen MR) is 69.8 cm³/mol. The van der Waals surface area contributed by atoms with Crippen LogP contribution in [0.25, 0.3) is 0 Å². The van der Waals surface area contributed by atoms with Gasteiger partial charge in [0.05, 0.1) is 7.11 Å². The normalized spacial score (nSPS) is 13.0. The number of halogens is 3. The Bertz CT molecular complexity index is 387. The van der Waals surface area contributed by atoms with Crippen LogP contribution in [-0.4, -0.2) is 17.0 Å². The van der Waals surface area contributed by atoms with Gasteiger partial charge in [0, 0.05) is 0 Å². The van der Waals surface area contributed by atoms with Gasteiger partial charge >= 0.3 is 6.09 Å². The van der Waals surface area contributed by atoms with Gasteiger partial charge in [-0.15, -0.1) is 0 Å². The Morgan fingerprint density at radius 3 is 2.24 bits per heavy atom. The van der Waals surface area contributed by atoms with Crippen LogP contribution in [0.1, 0.15) is 17.2 Å². The molecule has 0 fully saturated rings. The highest BCUT2D eigenvalue weighted by atomic mass is 35.6. The van der Waals surface area contributed by atoms with Gasteiger partial charge in [-0.2, -0.15) is 0 Å². The van der Waals surface area contributed by atoms with Crippen LogP contribution in [0.4, 0.5) is 4.79 Å². The van der Waals surface area contributed by atoms with Gasteiger partial charge in [-0.05, 0) is 12.5 Å². The van der Waals surface area contributed by atoms with Crippen molar-refractivity contribution in [3.8, 4) is 0 Å². The van der Waals surface area contributed by atoms with Crippen molar-refractivity contribution in [1.82, 2.24) is 5.32 Å². The van der Waals surface area contributed by atoms with E-state index in [2.05, 4.69) is 10.1 Å². The Labute approximate surface area is 115 Å². The highest BCUT2D eigenvalue weighted by Gasteiger charge is 2.35. The monoisotopic (exact) mass is 295 g/mol. The van der Waals surface area contributed by atoms with E-state index in [0.717, 1.165) is 5.56 Å². The Kier molecular flexibility index (Phi) is 4.92. The zero-order chi connectivity index (χ0) is 13.1. The van der Waals surface area contributed by atoms with Crippen LogP contribution >= 0.6 is 34.8 Å². The minimum absolute atomic E-state index is 0.651. The van der Waals surface area contributed by atoms with E-state index in [0.29, 0.717) is 5.56 Å². The van der Waals surface area contributed by atoms with Crippen molar-refractivity contribution < 1.29 is 9.53 Å². The second-order valence-electron chi connectivity index (χ2n) is 3.52. The lowest BCUT2D eigenvalue weighted by atomic mass is 10.1. The molecule has 0 bridgehead atoms. The quantitative estimate of drug-likeness (QED) is 0.844. The lowest BCUT2D eigenvalue weighted by Crippen LogP contribution is -2.36. The van der Waals surface area contributed by atoms with E-state index in [9.17, 15) is 4.79 Å². The lowest BCUT2D eigenvalue weighted by molar-refractivity contribution is 0.166. The van der Waals surface area contributed by atoms with Gasteiger partial charge in [-0.25, -0.2) is 4.79 Å². The summed E-state index contributed by atoms with van der Waals surface area (Å²) in [5.74, 6) is 0. The fourth-order valence-electron chi connectivity index (χ4n) is 1.29. The summed E-state index contributed by atoms with van der Waals surface area (Å²) in [5.41, 5.74) is 1.77. The van der Waals surface area contributed by atoms with Crippen molar-refractivity contribution in [2.24, 2.45) is 0 Å². The molecule has 1 N–H and O–H groups in total. The summed E-state index contributed by atoms with van der Waals surface area (Å²) < 4.78 is 2.85. The third-order valence-corrected chi connectivity index (χ3v) is 2.84. The molecule has 0 aromatic heterocycles. The highest BCUT2D eigenvalue weighted by molar-refractivity contribution is 6.68. The van der Waals surface area contributed by atoms with Crippen LogP contribution in [0.5, 0.6) is 0 Å². The van der Waals surface area contributed by atoms with E-state index >= 15 is 0 Å². The number of carbonyl (C=O) groups excluding carboxylic acids is 1. The maximum Gasteiger partial charge on any atom is 0.407 e. The summed E-state index contributed by atoms with van der Waals surface area (Å²) in [6, 6.07) is 6.56. The zero-order valence-corrected chi connectivity index (χ0v) is 11.6. The number of amides is 1. The molecule has 0 aliphatic carbocycles. The number of hydrogen-bond donors (Lipinski definition) is 1.